The molecule has 15 heavy (non-hydrogen) atoms. The molecule has 0 bridgehead atoms. The molecule has 2 heteroatoms. The molecule has 1 aromatic carbocycles. The van der Waals surface area contributed by atoms with Gasteiger partial charge in [-0.15, -0.1) is 0 Å². The van der Waals surface area contributed by atoms with E-state index in [1.54, 1.807) is 6.08 Å². The lowest BCUT2D eigenvalue weighted by atomic mass is 10.0. The second-order valence-corrected chi connectivity index (χ2v) is 4.29. The van der Waals surface area contributed by atoms with Gasteiger partial charge in [0.15, 0.2) is 5.78 Å². The molecule has 1 nitrogen and oxygen atoms in total. The van der Waals surface area contributed by atoms with Gasteiger partial charge in [-0.3, -0.25) is 4.79 Å². The van der Waals surface area contributed by atoms with E-state index in [0.717, 1.165) is 5.56 Å². The van der Waals surface area contributed by atoms with Crippen molar-refractivity contribution in [1.82, 2.24) is 0 Å². The molecule has 0 aliphatic rings. The maximum atomic E-state index is 10.8. The van der Waals surface area contributed by atoms with E-state index in [0.29, 0.717) is 10.9 Å². The fourth-order valence-electron chi connectivity index (χ4n) is 1.24. The van der Waals surface area contributed by atoms with Crippen molar-refractivity contribution < 1.29 is 4.79 Å². The Balaban J connectivity index is 2.98. The number of allylic oxidation sites excluding steroid dienone is 1. The highest BCUT2D eigenvalue weighted by molar-refractivity contribution is 6.32. The van der Waals surface area contributed by atoms with Crippen LogP contribution in [0.3, 0.4) is 0 Å². The number of carbonyl (C=O) groups is 1. The first-order valence-corrected chi connectivity index (χ1v) is 5.36. The van der Waals surface area contributed by atoms with Crippen LogP contribution in [0, 0.1) is 0 Å². The molecule has 0 atom stereocenters. The Morgan fingerprint density at radius 2 is 2.07 bits per heavy atom. The van der Waals surface area contributed by atoms with Crippen molar-refractivity contribution in [2.24, 2.45) is 0 Å². The van der Waals surface area contributed by atoms with Gasteiger partial charge in [-0.2, -0.15) is 0 Å². The normalized spacial score (nSPS) is 11.3. The summed E-state index contributed by atoms with van der Waals surface area (Å²) in [5.74, 6) is 0.493. The number of benzene rings is 1. The number of ketones is 1. The first-order chi connectivity index (χ1) is 7.00. The molecule has 0 aromatic heterocycles. The molecule has 0 fully saturated rings. The number of hydrogen-bond acceptors (Lipinski definition) is 1. The monoisotopic (exact) mass is 222 g/mol. The minimum atomic E-state index is 0.0269. The Morgan fingerprint density at radius 1 is 1.40 bits per heavy atom. The molecule has 0 spiro atoms. The van der Waals surface area contributed by atoms with Gasteiger partial charge in [0, 0.05) is 5.02 Å². The molecule has 0 saturated carbocycles. The summed E-state index contributed by atoms with van der Waals surface area (Å²) in [5.41, 5.74) is 2.09. The smallest absolute Gasteiger partial charge is 0.152 e. The average Bonchev–Trinajstić information content (AvgIpc) is 2.15. The van der Waals surface area contributed by atoms with E-state index in [4.69, 9.17) is 11.6 Å². The Bertz CT molecular complexity index is 392. The van der Waals surface area contributed by atoms with E-state index in [1.165, 1.54) is 18.6 Å². The molecule has 1 rings (SSSR count). The van der Waals surface area contributed by atoms with Crippen LogP contribution in [-0.4, -0.2) is 5.78 Å². The van der Waals surface area contributed by atoms with Gasteiger partial charge in [0.2, 0.25) is 0 Å². The zero-order chi connectivity index (χ0) is 11.4. The van der Waals surface area contributed by atoms with Gasteiger partial charge in [0.1, 0.15) is 0 Å². The average molecular weight is 223 g/mol. The maximum absolute atomic E-state index is 10.8. The molecule has 0 saturated heterocycles. The van der Waals surface area contributed by atoms with Gasteiger partial charge in [-0.25, -0.2) is 0 Å². The SMILES string of the molecule is CC(=O)C=Cc1ccc(C(C)C)cc1Cl. The second-order valence-electron chi connectivity index (χ2n) is 3.88. The fourth-order valence-corrected chi connectivity index (χ4v) is 1.50. The van der Waals surface area contributed by atoms with Crippen LogP contribution in [0.2, 0.25) is 5.02 Å². The standard InChI is InChI=1S/C13H15ClO/c1-9(2)12-7-6-11(13(14)8-12)5-4-10(3)15/h4-9H,1-3H3. The van der Waals surface area contributed by atoms with Crippen molar-refractivity contribution in [3.63, 3.8) is 0 Å². The van der Waals surface area contributed by atoms with Crippen molar-refractivity contribution >= 4 is 23.5 Å². The molecule has 0 aliphatic carbocycles. The fraction of sp³-hybridized carbons (Fsp3) is 0.308. The lowest BCUT2D eigenvalue weighted by molar-refractivity contribution is -0.112. The summed E-state index contributed by atoms with van der Waals surface area (Å²) in [6.07, 6.45) is 3.27. The van der Waals surface area contributed by atoms with Crippen LogP contribution in [0.15, 0.2) is 24.3 Å². The van der Waals surface area contributed by atoms with Crippen LogP contribution in [0.1, 0.15) is 37.8 Å². The molecule has 1 aromatic rings. The quantitative estimate of drug-likeness (QED) is 0.705. The zero-order valence-corrected chi connectivity index (χ0v) is 10.0. The summed E-state index contributed by atoms with van der Waals surface area (Å²) >= 11 is 6.09. The second kappa shape index (κ2) is 5.13. The van der Waals surface area contributed by atoms with Crippen LogP contribution in [0.5, 0.6) is 0 Å². The number of carbonyl (C=O) groups excluding carboxylic acids is 1. The molecule has 0 radical (unpaired) electrons. The van der Waals surface area contributed by atoms with Gasteiger partial charge >= 0.3 is 0 Å². The van der Waals surface area contributed by atoms with Gasteiger partial charge in [0.05, 0.1) is 0 Å². The third-order valence-electron chi connectivity index (χ3n) is 2.19. The minimum absolute atomic E-state index is 0.0269. The number of hydrogen-bond donors (Lipinski definition) is 0. The predicted octanol–water partition coefficient (Wildman–Crippen LogP) is 4.07. The summed E-state index contributed by atoms with van der Waals surface area (Å²) in [4.78, 5) is 10.8. The van der Waals surface area contributed by atoms with Crippen molar-refractivity contribution in [1.29, 1.82) is 0 Å². The van der Waals surface area contributed by atoms with Gasteiger partial charge in [-0.05, 0) is 42.2 Å². The van der Waals surface area contributed by atoms with E-state index in [-0.39, 0.29) is 5.78 Å². The summed E-state index contributed by atoms with van der Waals surface area (Å²) in [6.45, 7) is 5.76. The third kappa shape index (κ3) is 3.52. The van der Waals surface area contributed by atoms with Crippen molar-refractivity contribution in [3.8, 4) is 0 Å². The lowest BCUT2D eigenvalue weighted by Gasteiger charge is -2.06. The Kier molecular flexibility index (Phi) is 4.10. The molecular formula is C13H15ClO. The molecule has 80 valence electrons. The Morgan fingerprint density at radius 3 is 2.53 bits per heavy atom. The summed E-state index contributed by atoms with van der Waals surface area (Å²) < 4.78 is 0. The maximum Gasteiger partial charge on any atom is 0.152 e. The van der Waals surface area contributed by atoms with E-state index in [2.05, 4.69) is 13.8 Å². The van der Waals surface area contributed by atoms with E-state index in [9.17, 15) is 4.79 Å². The largest absolute Gasteiger partial charge is 0.295 e. The molecule has 0 heterocycles. The highest BCUT2D eigenvalue weighted by atomic mass is 35.5. The molecule has 0 amide bonds. The van der Waals surface area contributed by atoms with Crippen LogP contribution in [0.4, 0.5) is 0 Å². The van der Waals surface area contributed by atoms with Crippen LogP contribution >= 0.6 is 11.6 Å². The molecule has 0 N–H and O–H groups in total. The van der Waals surface area contributed by atoms with E-state index in [1.807, 2.05) is 18.2 Å². The van der Waals surface area contributed by atoms with Crippen LogP contribution in [-0.2, 0) is 4.79 Å². The van der Waals surface area contributed by atoms with E-state index < -0.39 is 0 Å². The van der Waals surface area contributed by atoms with Crippen molar-refractivity contribution in [2.75, 3.05) is 0 Å². The number of halogens is 1. The Labute approximate surface area is 95.8 Å². The highest BCUT2D eigenvalue weighted by Crippen LogP contribution is 2.23. The van der Waals surface area contributed by atoms with Crippen LogP contribution < -0.4 is 0 Å². The summed E-state index contributed by atoms with van der Waals surface area (Å²) in [7, 11) is 0. The van der Waals surface area contributed by atoms with Crippen LogP contribution in [0.25, 0.3) is 6.08 Å². The first kappa shape index (κ1) is 12.0. The lowest BCUT2D eigenvalue weighted by Crippen LogP contribution is -1.88. The van der Waals surface area contributed by atoms with Gasteiger partial charge in [-0.1, -0.05) is 37.6 Å². The first-order valence-electron chi connectivity index (χ1n) is 4.99. The van der Waals surface area contributed by atoms with Crippen molar-refractivity contribution in [2.45, 2.75) is 26.7 Å². The molecule has 0 aliphatic heterocycles. The summed E-state index contributed by atoms with van der Waals surface area (Å²) in [6, 6.07) is 5.93. The Hall–Kier alpha value is -1.08. The minimum Gasteiger partial charge on any atom is -0.295 e. The van der Waals surface area contributed by atoms with Crippen molar-refractivity contribution in [3.05, 3.63) is 40.4 Å². The van der Waals surface area contributed by atoms with Gasteiger partial charge < -0.3 is 0 Å². The zero-order valence-electron chi connectivity index (χ0n) is 9.25. The summed E-state index contributed by atoms with van der Waals surface area (Å²) in [5, 5.41) is 0.693. The van der Waals surface area contributed by atoms with E-state index >= 15 is 0 Å². The van der Waals surface area contributed by atoms with Gasteiger partial charge in [0.25, 0.3) is 0 Å². The third-order valence-corrected chi connectivity index (χ3v) is 2.52. The predicted molar refractivity (Wildman–Crippen MR) is 65.3 cm³/mol. The highest BCUT2D eigenvalue weighted by Gasteiger charge is 2.02. The number of rotatable bonds is 3. The molecule has 0 unspecified atom stereocenters. The molecular weight excluding hydrogens is 208 g/mol. The topological polar surface area (TPSA) is 17.1 Å².